The van der Waals surface area contributed by atoms with E-state index in [9.17, 15) is 10.2 Å². The molecule has 0 saturated heterocycles. The van der Waals surface area contributed by atoms with E-state index in [0.717, 1.165) is 35.3 Å². The second-order valence-corrected chi connectivity index (χ2v) is 16.6. The Morgan fingerprint density at radius 3 is 1.78 bits per heavy atom. The minimum absolute atomic E-state index is 0. The van der Waals surface area contributed by atoms with E-state index in [1.807, 2.05) is 66.0 Å². The molecule has 1 heterocycles. The van der Waals surface area contributed by atoms with Crippen LogP contribution in [0.15, 0.2) is 53.7 Å². The smallest absolute Gasteiger partial charge is 0.873 e. The number of pyridine rings is 1. The average molecular weight is 656 g/mol. The van der Waals surface area contributed by atoms with Crippen molar-refractivity contribution < 1.29 is 26.7 Å². The number of benzene rings is 2. The second kappa shape index (κ2) is 14.8. The van der Waals surface area contributed by atoms with Crippen molar-refractivity contribution in [3.63, 3.8) is 0 Å². The van der Waals surface area contributed by atoms with Crippen LogP contribution in [0.3, 0.4) is 0 Å². The van der Waals surface area contributed by atoms with Crippen LogP contribution in [0.1, 0.15) is 155 Å². The molecule has 248 valence electrons. The summed E-state index contributed by atoms with van der Waals surface area (Å²) in [4.78, 5) is 9.04. The number of hydrogen-bond donors (Lipinski definition) is 0. The van der Waals surface area contributed by atoms with E-state index in [-0.39, 0.29) is 49.7 Å². The third kappa shape index (κ3) is 10.2. The first kappa shape index (κ1) is 38.5. The quantitative estimate of drug-likeness (QED) is 0.208. The van der Waals surface area contributed by atoms with Gasteiger partial charge in [0.15, 0.2) is 0 Å². The zero-order chi connectivity index (χ0) is 33.1. The number of aliphatic imine (C=N–C) groups is 1. The molecule has 0 radical (unpaired) electrons. The fourth-order valence-corrected chi connectivity index (χ4v) is 6.05. The number of nitrogens with zero attached hydrogens (tertiary/aromatic N) is 2. The topological polar surface area (TPSA) is 71.4 Å². The molecule has 1 aliphatic carbocycles. The molecule has 0 amide bonds. The molecule has 4 rings (SSSR count). The molecule has 0 unspecified atom stereocenters. The molecular formula is C40H56N2NiO2. The summed E-state index contributed by atoms with van der Waals surface area (Å²) in [5.74, 6) is -0.116. The molecule has 4 nitrogen and oxygen atoms in total. The number of hydrogen-bond acceptors (Lipinski definition) is 4. The van der Waals surface area contributed by atoms with E-state index in [4.69, 9.17) is 4.99 Å². The summed E-state index contributed by atoms with van der Waals surface area (Å²) in [7, 11) is 0. The summed E-state index contributed by atoms with van der Waals surface area (Å²) < 4.78 is 0. The summed E-state index contributed by atoms with van der Waals surface area (Å²) in [6.07, 6.45) is 9.67. The Balaban J connectivity index is 0.000000307. The van der Waals surface area contributed by atoms with Gasteiger partial charge in [-0.05, 0) is 80.9 Å². The van der Waals surface area contributed by atoms with Crippen LogP contribution >= 0.6 is 0 Å². The SMILES string of the molecule is CC(C)(C)c1cc(C2CCCCC2)c(C(C)(C)C)c([O-])c1[O-].CC(C)(C)c1ccc(C(C)(C)C)c(N=Cc2ccccn2)c1.[Ni+2]. The van der Waals surface area contributed by atoms with E-state index in [0.29, 0.717) is 11.5 Å². The molecule has 0 bridgehead atoms. The van der Waals surface area contributed by atoms with Gasteiger partial charge in [0.25, 0.3) is 0 Å². The summed E-state index contributed by atoms with van der Waals surface area (Å²) in [6.45, 7) is 25.5. The Labute approximate surface area is 284 Å². The first-order chi connectivity index (χ1) is 20.2. The maximum atomic E-state index is 12.8. The first-order valence-corrected chi connectivity index (χ1v) is 16.4. The van der Waals surface area contributed by atoms with Crippen molar-refractivity contribution in [2.75, 3.05) is 0 Å². The van der Waals surface area contributed by atoms with E-state index < -0.39 is 0 Å². The summed E-state index contributed by atoms with van der Waals surface area (Å²) in [5.41, 5.74) is 6.69. The molecule has 1 fully saturated rings. The van der Waals surface area contributed by atoms with Crippen molar-refractivity contribution in [1.29, 1.82) is 0 Å². The van der Waals surface area contributed by atoms with Crippen LogP contribution in [0.2, 0.25) is 0 Å². The van der Waals surface area contributed by atoms with Crippen molar-refractivity contribution in [2.45, 2.75) is 143 Å². The average Bonchev–Trinajstić information content (AvgIpc) is 2.92. The molecule has 2 aromatic carbocycles. The van der Waals surface area contributed by atoms with Gasteiger partial charge in [-0.15, -0.1) is 11.5 Å². The van der Waals surface area contributed by atoms with E-state index in [1.165, 1.54) is 30.4 Å². The van der Waals surface area contributed by atoms with Crippen LogP contribution < -0.4 is 10.2 Å². The Morgan fingerprint density at radius 1 is 0.689 bits per heavy atom. The summed E-state index contributed by atoms with van der Waals surface area (Å²) in [6, 6.07) is 14.6. The molecule has 1 aliphatic rings. The van der Waals surface area contributed by atoms with Crippen molar-refractivity contribution >= 4 is 11.9 Å². The number of aromatic nitrogens is 1. The van der Waals surface area contributed by atoms with E-state index in [2.05, 4.69) is 70.8 Å². The van der Waals surface area contributed by atoms with Crippen LogP contribution in [-0.2, 0) is 38.2 Å². The van der Waals surface area contributed by atoms with Gasteiger partial charge in [-0.1, -0.05) is 132 Å². The molecule has 0 aliphatic heterocycles. The largest absolute Gasteiger partial charge is 2.00 e. The fraction of sp³-hybridized carbons (Fsp3) is 0.550. The predicted molar refractivity (Wildman–Crippen MR) is 184 cm³/mol. The zero-order valence-corrected chi connectivity index (χ0v) is 30.8. The zero-order valence-electron chi connectivity index (χ0n) is 29.8. The molecule has 1 saturated carbocycles. The van der Waals surface area contributed by atoms with Crippen molar-refractivity contribution in [3.8, 4) is 11.5 Å². The third-order valence-electron chi connectivity index (χ3n) is 8.56. The first-order valence-electron chi connectivity index (χ1n) is 16.4. The molecule has 0 N–H and O–H groups in total. The molecule has 5 heteroatoms. The minimum Gasteiger partial charge on any atom is -0.873 e. The van der Waals surface area contributed by atoms with Crippen LogP contribution in [0, 0.1) is 0 Å². The van der Waals surface area contributed by atoms with Gasteiger partial charge in [0.05, 0.1) is 17.6 Å². The Kier molecular flexibility index (Phi) is 12.7. The fourth-order valence-electron chi connectivity index (χ4n) is 6.05. The summed E-state index contributed by atoms with van der Waals surface area (Å²) >= 11 is 0. The summed E-state index contributed by atoms with van der Waals surface area (Å²) in [5, 5.41) is 25.4. The van der Waals surface area contributed by atoms with Crippen molar-refractivity contribution in [1.82, 2.24) is 4.98 Å². The maximum absolute atomic E-state index is 12.8. The van der Waals surface area contributed by atoms with E-state index in [1.54, 1.807) is 6.20 Å². The van der Waals surface area contributed by atoms with Gasteiger partial charge in [0.2, 0.25) is 0 Å². The Bertz CT molecular complexity index is 1430. The van der Waals surface area contributed by atoms with Gasteiger partial charge in [-0.25, -0.2) is 0 Å². The van der Waals surface area contributed by atoms with Gasteiger partial charge >= 0.3 is 16.5 Å². The van der Waals surface area contributed by atoms with Gasteiger partial charge in [-0.3, -0.25) is 9.98 Å². The van der Waals surface area contributed by atoms with Crippen molar-refractivity contribution in [3.05, 3.63) is 82.2 Å². The monoisotopic (exact) mass is 654 g/mol. The van der Waals surface area contributed by atoms with Crippen LogP contribution in [-0.4, -0.2) is 11.2 Å². The Hall–Kier alpha value is -2.65. The van der Waals surface area contributed by atoms with Crippen LogP contribution in [0.4, 0.5) is 5.69 Å². The Morgan fingerprint density at radius 2 is 1.29 bits per heavy atom. The third-order valence-corrected chi connectivity index (χ3v) is 8.56. The molecule has 3 aromatic rings. The van der Waals surface area contributed by atoms with Crippen molar-refractivity contribution in [2.24, 2.45) is 4.99 Å². The number of rotatable bonds is 3. The normalized spacial score (nSPS) is 14.9. The molecular weight excluding hydrogens is 599 g/mol. The molecule has 0 spiro atoms. The van der Waals surface area contributed by atoms with Crippen LogP contribution in [0.25, 0.3) is 0 Å². The molecule has 0 atom stereocenters. The second-order valence-electron chi connectivity index (χ2n) is 16.6. The van der Waals surface area contributed by atoms with Gasteiger partial charge in [0.1, 0.15) is 0 Å². The van der Waals surface area contributed by atoms with Crippen LogP contribution in [0.5, 0.6) is 11.5 Å². The van der Waals surface area contributed by atoms with E-state index >= 15 is 0 Å². The van der Waals surface area contributed by atoms with Gasteiger partial charge in [-0.2, -0.15) is 0 Å². The minimum atomic E-state index is -0.294. The molecule has 45 heavy (non-hydrogen) atoms. The van der Waals surface area contributed by atoms with Gasteiger partial charge in [0, 0.05) is 6.20 Å². The predicted octanol–water partition coefficient (Wildman–Crippen LogP) is 9.90. The maximum Gasteiger partial charge on any atom is 2.00 e. The van der Waals surface area contributed by atoms with Gasteiger partial charge < -0.3 is 10.2 Å². The molecule has 1 aromatic heterocycles. The standard InChI is InChI=1S/C20H26N2.C20H32O2.Ni/c1-19(2,3)15-10-11-17(20(4,5)6)18(13-15)22-14-16-9-7-8-12-21-16;1-19(2,3)15-12-14(13-10-8-7-9-11-13)16(20(4,5)6)18(22)17(15)21;/h7-14H,1-6H3;12-13,21-22H,7-11H2,1-6H3;/q;;+2/p-2.